The van der Waals surface area contributed by atoms with Crippen LogP contribution in [-0.2, 0) is 10.3 Å². The van der Waals surface area contributed by atoms with Crippen molar-refractivity contribution in [2.45, 2.75) is 18.4 Å². The molecule has 1 atom stereocenters. The molecule has 1 aliphatic heterocycles. The highest BCUT2D eigenvalue weighted by atomic mass is 19.3. The molecule has 2 heterocycles. The third kappa shape index (κ3) is 3.41. The Morgan fingerprint density at radius 1 is 1.32 bits per heavy atom. The predicted octanol–water partition coefficient (Wildman–Crippen LogP) is 4.43. The van der Waals surface area contributed by atoms with Crippen molar-refractivity contribution < 1.29 is 22.3 Å². The zero-order valence-electron chi connectivity index (χ0n) is 14.6. The highest BCUT2D eigenvalue weighted by molar-refractivity contribution is 5.76. The van der Waals surface area contributed by atoms with Crippen LogP contribution in [-0.4, -0.2) is 23.5 Å². The quantitative estimate of drug-likeness (QED) is 0.623. The molecule has 0 fully saturated rings. The summed E-state index contributed by atoms with van der Waals surface area (Å²) in [6, 6.07) is 5.48. The van der Waals surface area contributed by atoms with Crippen LogP contribution in [0.15, 0.2) is 41.5 Å². The van der Waals surface area contributed by atoms with Gasteiger partial charge in [0.1, 0.15) is 11.6 Å². The third-order valence-corrected chi connectivity index (χ3v) is 4.38. The molecule has 0 radical (unpaired) electrons. The summed E-state index contributed by atoms with van der Waals surface area (Å²) in [4.78, 5) is 10.6. The molecule has 1 aromatic heterocycles. The van der Waals surface area contributed by atoms with Crippen LogP contribution >= 0.6 is 0 Å². The number of pyridine rings is 1. The molecule has 1 aliphatic rings. The molecule has 0 unspecified atom stereocenters. The van der Waals surface area contributed by atoms with Gasteiger partial charge in [-0.3, -0.25) is 4.98 Å². The normalized spacial score (nSPS) is 21.4. The monoisotopic (exact) mass is 390 g/mol. The van der Waals surface area contributed by atoms with Crippen molar-refractivity contribution in [3.8, 4) is 0 Å². The number of ether oxygens (including phenoxy) is 1. The van der Waals surface area contributed by atoms with E-state index in [9.17, 15) is 17.6 Å². The molecule has 0 saturated heterocycles. The summed E-state index contributed by atoms with van der Waals surface area (Å²) < 4.78 is 62.3. The van der Waals surface area contributed by atoms with Gasteiger partial charge in [-0.25, -0.2) is 18.6 Å². The summed E-state index contributed by atoms with van der Waals surface area (Å²) in [7, 11) is 0. The van der Waals surface area contributed by atoms with Crippen molar-refractivity contribution in [1.29, 1.82) is 0 Å². The lowest BCUT2D eigenvalue weighted by Crippen LogP contribution is -2.51. The lowest BCUT2D eigenvalue weighted by atomic mass is 9.84. The first-order chi connectivity index (χ1) is 13.2. The lowest BCUT2D eigenvalue weighted by molar-refractivity contribution is -0.117. The average Bonchev–Trinajstić information content (AvgIpc) is 2.66. The largest absolute Gasteiger partial charge is 0.459 e. The van der Waals surface area contributed by atoms with E-state index in [2.05, 4.69) is 19.6 Å². The van der Waals surface area contributed by atoms with E-state index in [4.69, 9.17) is 12.3 Å². The number of aliphatic imine (C=N–C) groups is 1. The standard InChI is InChI=1S/C19H14F4N4O/c1-18(19(22,23)10-28-17(24)27-18)13-7-11(3-5-14(13)20)8-15(21)16-6-4-12(25-2)9-26-16/h3-9H,10H2,1H3,(H2,24,27)/b15-8-/t18-/m1/s1. The van der Waals surface area contributed by atoms with E-state index in [0.717, 1.165) is 25.1 Å². The maximum atomic E-state index is 14.5. The fourth-order valence-electron chi connectivity index (χ4n) is 2.72. The molecule has 9 heteroatoms. The number of nitrogens with two attached hydrogens (primary N) is 1. The molecule has 0 saturated carbocycles. The smallest absolute Gasteiger partial charge is 0.310 e. The summed E-state index contributed by atoms with van der Waals surface area (Å²) in [6.45, 7) is 6.84. The van der Waals surface area contributed by atoms with Crippen LogP contribution in [0.3, 0.4) is 0 Å². The topological polar surface area (TPSA) is 64.9 Å². The summed E-state index contributed by atoms with van der Waals surface area (Å²) in [5.74, 6) is -5.24. The molecule has 0 amide bonds. The molecular formula is C19H14F4N4O. The number of amidine groups is 1. The molecule has 2 N–H and O–H groups in total. The Morgan fingerprint density at radius 2 is 2.07 bits per heavy atom. The second-order valence-electron chi connectivity index (χ2n) is 6.26. The maximum absolute atomic E-state index is 14.5. The molecule has 144 valence electrons. The molecule has 28 heavy (non-hydrogen) atoms. The summed E-state index contributed by atoms with van der Waals surface area (Å²) in [6.07, 6.45) is 2.23. The zero-order chi connectivity index (χ0) is 20.5. The third-order valence-electron chi connectivity index (χ3n) is 4.38. The minimum atomic E-state index is -3.53. The minimum Gasteiger partial charge on any atom is -0.459 e. The number of halogens is 4. The van der Waals surface area contributed by atoms with Crippen molar-refractivity contribution >= 4 is 23.6 Å². The van der Waals surface area contributed by atoms with E-state index in [1.165, 1.54) is 24.4 Å². The second kappa shape index (κ2) is 6.96. The van der Waals surface area contributed by atoms with Gasteiger partial charge in [0.15, 0.2) is 12.1 Å². The molecule has 0 spiro atoms. The first kappa shape index (κ1) is 19.4. The van der Waals surface area contributed by atoms with E-state index < -0.39 is 41.3 Å². The van der Waals surface area contributed by atoms with E-state index in [1.54, 1.807) is 0 Å². The van der Waals surface area contributed by atoms with Crippen LogP contribution in [0.5, 0.6) is 0 Å². The molecule has 2 aromatic rings. The Kier molecular flexibility index (Phi) is 4.81. The van der Waals surface area contributed by atoms with Gasteiger partial charge in [0.25, 0.3) is 6.02 Å². The minimum absolute atomic E-state index is 0.0526. The van der Waals surface area contributed by atoms with Gasteiger partial charge in [0.2, 0.25) is 5.69 Å². The van der Waals surface area contributed by atoms with Crippen LogP contribution in [0.2, 0.25) is 0 Å². The lowest BCUT2D eigenvalue weighted by Gasteiger charge is -2.37. The molecule has 0 aliphatic carbocycles. The number of hydrogen-bond acceptors (Lipinski definition) is 4. The first-order valence-corrected chi connectivity index (χ1v) is 8.03. The SMILES string of the molecule is [C-]#[N+]c1ccc(/C(F)=C/c2ccc(F)c([C@@]3(C)N=C(N)OCC3(F)F)c2)nc1. The molecule has 5 nitrogen and oxygen atoms in total. The van der Waals surface area contributed by atoms with Gasteiger partial charge in [-0.05, 0) is 36.8 Å². The van der Waals surface area contributed by atoms with Gasteiger partial charge in [-0.15, -0.1) is 0 Å². The summed E-state index contributed by atoms with van der Waals surface area (Å²) >= 11 is 0. The van der Waals surface area contributed by atoms with Gasteiger partial charge >= 0.3 is 5.92 Å². The van der Waals surface area contributed by atoms with Crippen LogP contribution in [0.25, 0.3) is 16.7 Å². The summed E-state index contributed by atoms with van der Waals surface area (Å²) in [5.41, 5.74) is 2.97. The maximum Gasteiger partial charge on any atom is 0.310 e. The number of rotatable bonds is 3. The van der Waals surface area contributed by atoms with Crippen molar-refractivity contribution in [3.63, 3.8) is 0 Å². The van der Waals surface area contributed by atoms with E-state index >= 15 is 0 Å². The number of alkyl halides is 2. The zero-order valence-corrected chi connectivity index (χ0v) is 14.6. The van der Waals surface area contributed by atoms with Gasteiger partial charge in [-0.1, -0.05) is 12.1 Å². The van der Waals surface area contributed by atoms with Crippen LogP contribution < -0.4 is 5.73 Å². The summed E-state index contributed by atoms with van der Waals surface area (Å²) in [5, 5.41) is 0. The van der Waals surface area contributed by atoms with Crippen LogP contribution in [0.1, 0.15) is 23.7 Å². The molecule has 1 aromatic carbocycles. The average molecular weight is 390 g/mol. The highest BCUT2D eigenvalue weighted by Crippen LogP contribution is 2.44. The predicted molar refractivity (Wildman–Crippen MR) is 95.8 cm³/mol. The molecule has 0 bridgehead atoms. The highest BCUT2D eigenvalue weighted by Gasteiger charge is 2.56. The van der Waals surface area contributed by atoms with Gasteiger partial charge in [-0.2, -0.15) is 8.78 Å². The number of benzene rings is 1. The van der Waals surface area contributed by atoms with Gasteiger partial charge in [0, 0.05) is 11.8 Å². The van der Waals surface area contributed by atoms with Gasteiger partial charge < -0.3 is 10.5 Å². The van der Waals surface area contributed by atoms with Gasteiger partial charge in [0.05, 0.1) is 12.3 Å². The fourth-order valence-corrected chi connectivity index (χ4v) is 2.72. The molecule has 3 rings (SSSR count). The van der Waals surface area contributed by atoms with Crippen LogP contribution in [0, 0.1) is 12.4 Å². The second-order valence-corrected chi connectivity index (χ2v) is 6.26. The Bertz CT molecular complexity index is 1010. The Hall–Kier alpha value is -3.41. The number of nitrogens with zero attached hydrogens (tertiary/aromatic N) is 3. The van der Waals surface area contributed by atoms with Crippen molar-refractivity contribution in [2.75, 3.05) is 6.61 Å². The van der Waals surface area contributed by atoms with Crippen molar-refractivity contribution in [3.05, 3.63) is 70.6 Å². The van der Waals surface area contributed by atoms with E-state index in [0.29, 0.717) is 0 Å². The van der Waals surface area contributed by atoms with E-state index in [-0.39, 0.29) is 16.9 Å². The van der Waals surface area contributed by atoms with Crippen molar-refractivity contribution in [1.82, 2.24) is 4.98 Å². The number of aromatic nitrogens is 1. The first-order valence-electron chi connectivity index (χ1n) is 8.03. The molecular weight excluding hydrogens is 376 g/mol. The Labute approximate surface area is 158 Å². The Balaban J connectivity index is 2.04. The van der Waals surface area contributed by atoms with Crippen LogP contribution in [0.4, 0.5) is 23.2 Å². The fraction of sp³-hybridized carbons (Fsp3) is 0.211. The number of hydrogen-bond donors (Lipinski definition) is 1. The van der Waals surface area contributed by atoms with Crippen molar-refractivity contribution in [2.24, 2.45) is 10.7 Å². The Morgan fingerprint density at radius 3 is 2.71 bits per heavy atom. The van der Waals surface area contributed by atoms with E-state index in [1.807, 2.05) is 0 Å².